The number of benzene rings is 14. The summed E-state index contributed by atoms with van der Waals surface area (Å²) in [5.41, 5.74) is 17.2. The van der Waals surface area contributed by atoms with E-state index in [4.69, 9.17) is 0 Å². The van der Waals surface area contributed by atoms with E-state index < -0.39 is 0 Å². The van der Waals surface area contributed by atoms with Crippen molar-refractivity contribution in [3.05, 3.63) is 255 Å². The van der Waals surface area contributed by atoms with E-state index in [1.54, 1.807) is 0 Å². The van der Waals surface area contributed by atoms with Crippen molar-refractivity contribution in [3.63, 3.8) is 0 Å². The Balaban J connectivity index is 1.19. The third-order valence-electron chi connectivity index (χ3n) is 14.6. The van der Waals surface area contributed by atoms with Crippen LogP contribution in [0.5, 0.6) is 0 Å². The van der Waals surface area contributed by atoms with E-state index in [1.165, 1.54) is 143 Å². The number of hydrogen-bond donors (Lipinski definition) is 0. The molecule has 0 saturated heterocycles. The highest BCUT2D eigenvalue weighted by atomic mass is 14.3. The van der Waals surface area contributed by atoms with Gasteiger partial charge in [-0.3, -0.25) is 0 Å². The van der Waals surface area contributed by atoms with Gasteiger partial charge in [0.15, 0.2) is 0 Å². The van der Waals surface area contributed by atoms with E-state index in [9.17, 15) is 0 Å². The van der Waals surface area contributed by atoms with Crippen LogP contribution >= 0.6 is 0 Å². The average Bonchev–Trinajstić information content (AvgIpc) is 3.42. The molecule has 0 nitrogen and oxygen atoms in total. The Morgan fingerprint density at radius 3 is 0.632 bits per heavy atom. The van der Waals surface area contributed by atoms with Gasteiger partial charge in [-0.25, -0.2) is 0 Å². The summed E-state index contributed by atoms with van der Waals surface area (Å²) in [4.78, 5) is 0. The van der Waals surface area contributed by atoms with E-state index in [0.29, 0.717) is 0 Å². The highest BCUT2D eigenvalue weighted by molar-refractivity contribution is 6.36. The van der Waals surface area contributed by atoms with Gasteiger partial charge in [0.1, 0.15) is 0 Å². The monoisotopic (exact) mass is 858 g/mol. The van der Waals surface area contributed by atoms with E-state index in [2.05, 4.69) is 255 Å². The summed E-state index contributed by atoms with van der Waals surface area (Å²) in [5, 5.41) is 15.3. The molecule has 0 fully saturated rings. The van der Waals surface area contributed by atoms with Crippen molar-refractivity contribution in [1.29, 1.82) is 0 Å². The van der Waals surface area contributed by atoms with Crippen LogP contribution < -0.4 is 0 Å². The fraction of sp³-hybridized carbons (Fsp3) is 0. The van der Waals surface area contributed by atoms with E-state index in [1.807, 2.05) is 0 Å². The van der Waals surface area contributed by atoms with Gasteiger partial charge in [0.25, 0.3) is 0 Å². The Morgan fingerprint density at radius 2 is 0.338 bits per heavy atom. The Hall–Kier alpha value is -8.84. The summed E-state index contributed by atoms with van der Waals surface area (Å²) in [6.45, 7) is 0. The quantitative estimate of drug-likeness (QED) is 0.140. The zero-order chi connectivity index (χ0) is 44.7. The molecule has 0 aromatic heterocycles. The molecule has 314 valence electrons. The second-order valence-corrected chi connectivity index (χ2v) is 18.2. The van der Waals surface area contributed by atoms with Gasteiger partial charge in [0.2, 0.25) is 0 Å². The topological polar surface area (TPSA) is 0 Å². The summed E-state index contributed by atoms with van der Waals surface area (Å²) >= 11 is 0. The van der Waals surface area contributed by atoms with Crippen molar-refractivity contribution in [3.8, 4) is 77.9 Å². The Labute approximate surface area is 395 Å². The lowest BCUT2D eigenvalue weighted by atomic mass is 9.79. The average molecular weight is 859 g/mol. The van der Waals surface area contributed by atoms with Crippen LogP contribution in [0.2, 0.25) is 0 Å². The standard InChI is InChI=1S/C68H42/c1-7-19-43(20-8-1)49-31-33-55-61(41-63-59(47-27-15-5-16-28-47)39-57(45-23-11-3-12-24-45)53-37-35-51(49)65(55)67(53)63)62-42-64-60(48-29-17-6-18-30-48)40-58(46-25-13-4-14-26-46)54-38-36-52-50(44-21-9-2-10-22-44)32-34-56(62)66(52)68(54)64/h1-42H. The lowest BCUT2D eigenvalue weighted by Gasteiger charge is -2.24. The van der Waals surface area contributed by atoms with E-state index in [0.717, 1.165) is 0 Å². The van der Waals surface area contributed by atoms with Crippen molar-refractivity contribution in [2.75, 3.05) is 0 Å². The largest absolute Gasteiger partial charge is 0.0622 e. The molecule has 0 heterocycles. The van der Waals surface area contributed by atoms with Crippen LogP contribution in [0.3, 0.4) is 0 Å². The second-order valence-electron chi connectivity index (χ2n) is 18.2. The lowest BCUT2D eigenvalue weighted by molar-refractivity contribution is 1.62. The summed E-state index contributed by atoms with van der Waals surface area (Å²) in [6, 6.07) is 94.8. The van der Waals surface area contributed by atoms with E-state index >= 15 is 0 Å². The first-order valence-electron chi connectivity index (χ1n) is 23.7. The first kappa shape index (κ1) is 38.4. The van der Waals surface area contributed by atoms with Crippen LogP contribution in [0.1, 0.15) is 0 Å². The smallest absolute Gasteiger partial charge is 0.00137 e. The predicted octanol–water partition coefficient (Wildman–Crippen LogP) is 19.2. The van der Waals surface area contributed by atoms with Crippen molar-refractivity contribution in [2.45, 2.75) is 0 Å². The third kappa shape index (κ3) is 5.88. The molecule has 0 saturated carbocycles. The molecule has 0 aliphatic heterocycles. The maximum absolute atomic E-state index is 2.54. The minimum atomic E-state index is 1.21. The molecule has 0 aliphatic carbocycles. The van der Waals surface area contributed by atoms with Crippen LogP contribution in [0.4, 0.5) is 0 Å². The summed E-state index contributed by atoms with van der Waals surface area (Å²) in [5.74, 6) is 0. The summed E-state index contributed by atoms with van der Waals surface area (Å²) in [7, 11) is 0. The molecule has 0 N–H and O–H groups in total. The van der Waals surface area contributed by atoms with Crippen LogP contribution in [0.15, 0.2) is 255 Å². The van der Waals surface area contributed by atoms with Gasteiger partial charge >= 0.3 is 0 Å². The highest BCUT2D eigenvalue weighted by Crippen LogP contribution is 2.53. The van der Waals surface area contributed by atoms with Gasteiger partial charge in [-0.2, -0.15) is 0 Å². The molecule has 14 aromatic rings. The third-order valence-corrected chi connectivity index (χ3v) is 14.6. The maximum Gasteiger partial charge on any atom is -0.00137 e. The summed E-state index contributed by atoms with van der Waals surface area (Å²) < 4.78 is 0. The number of hydrogen-bond acceptors (Lipinski definition) is 0. The van der Waals surface area contributed by atoms with Gasteiger partial charge in [0.05, 0.1) is 0 Å². The van der Waals surface area contributed by atoms with Crippen LogP contribution in [0.25, 0.3) is 143 Å². The van der Waals surface area contributed by atoms with Crippen molar-refractivity contribution in [2.24, 2.45) is 0 Å². The maximum atomic E-state index is 2.54. The SMILES string of the molecule is c1ccc(-c2cc(-c3ccccc3)c3cc(-c4cc5c(-c6ccccc6)cc(-c6ccccc6)c6ccc7c(-c8ccccc8)ccc4c7c65)c4ccc(-c5ccccc5)c5ccc2c3c54)cc1. The molecular weight excluding hydrogens is 817 g/mol. The molecular formula is C68H42. The number of rotatable bonds is 7. The fourth-order valence-electron chi connectivity index (χ4n) is 11.6. The first-order chi connectivity index (χ1) is 33.8. The molecule has 0 heteroatoms. The highest BCUT2D eigenvalue weighted by Gasteiger charge is 2.25. The normalized spacial score (nSPS) is 11.8. The van der Waals surface area contributed by atoms with Crippen molar-refractivity contribution < 1.29 is 0 Å². The van der Waals surface area contributed by atoms with Gasteiger partial charge < -0.3 is 0 Å². The Bertz CT molecular complexity index is 3900. The summed E-state index contributed by atoms with van der Waals surface area (Å²) in [6.07, 6.45) is 0. The zero-order valence-electron chi connectivity index (χ0n) is 37.2. The van der Waals surface area contributed by atoms with Crippen molar-refractivity contribution >= 4 is 64.6 Å². The molecule has 14 aromatic carbocycles. The molecule has 0 bridgehead atoms. The second kappa shape index (κ2) is 15.4. The van der Waals surface area contributed by atoms with Gasteiger partial charge in [-0.05, 0) is 167 Å². The molecule has 0 atom stereocenters. The lowest BCUT2D eigenvalue weighted by Crippen LogP contribution is -1.97. The first-order valence-corrected chi connectivity index (χ1v) is 23.7. The minimum Gasteiger partial charge on any atom is -0.0622 e. The van der Waals surface area contributed by atoms with Gasteiger partial charge in [-0.15, -0.1) is 0 Å². The molecule has 0 spiro atoms. The Morgan fingerprint density at radius 1 is 0.132 bits per heavy atom. The fourth-order valence-corrected chi connectivity index (χ4v) is 11.6. The molecule has 0 unspecified atom stereocenters. The van der Waals surface area contributed by atoms with Gasteiger partial charge in [-0.1, -0.05) is 231 Å². The minimum absolute atomic E-state index is 1.21. The predicted molar refractivity (Wildman–Crippen MR) is 292 cm³/mol. The van der Waals surface area contributed by atoms with Crippen LogP contribution in [-0.4, -0.2) is 0 Å². The molecule has 0 aliphatic rings. The van der Waals surface area contributed by atoms with Crippen LogP contribution in [-0.2, 0) is 0 Å². The Kier molecular flexibility index (Phi) is 8.69. The molecule has 0 radical (unpaired) electrons. The van der Waals surface area contributed by atoms with Crippen molar-refractivity contribution in [1.82, 2.24) is 0 Å². The molecule has 0 amide bonds. The molecule has 68 heavy (non-hydrogen) atoms. The zero-order valence-corrected chi connectivity index (χ0v) is 37.2. The van der Waals surface area contributed by atoms with Crippen LogP contribution in [0, 0.1) is 0 Å². The van der Waals surface area contributed by atoms with Gasteiger partial charge in [0, 0.05) is 0 Å². The molecule has 14 rings (SSSR count). The van der Waals surface area contributed by atoms with E-state index in [-0.39, 0.29) is 0 Å².